The van der Waals surface area contributed by atoms with Gasteiger partial charge in [-0.1, -0.05) is 6.92 Å². The number of nitrogens with one attached hydrogen (secondary N) is 1. The Morgan fingerprint density at radius 1 is 1.14 bits per heavy atom. The molecule has 0 unspecified atom stereocenters. The zero-order valence-corrected chi connectivity index (χ0v) is 14.4. The second-order valence-corrected chi connectivity index (χ2v) is 7.29. The lowest BCUT2D eigenvalue weighted by molar-refractivity contribution is -0.00419. The Hall–Kier alpha value is -0.160. The third kappa shape index (κ3) is 6.23. The summed E-state index contributed by atoms with van der Waals surface area (Å²) in [6.07, 6.45) is 6.47. The van der Waals surface area contributed by atoms with Gasteiger partial charge in [0, 0.05) is 32.3 Å². The number of hydrogen-bond donors (Lipinski definition) is 1. The molecule has 1 aliphatic heterocycles. The van der Waals surface area contributed by atoms with Gasteiger partial charge in [0.15, 0.2) is 0 Å². The minimum Gasteiger partial charge on any atom is -0.381 e. The highest BCUT2D eigenvalue weighted by Crippen LogP contribution is 2.32. The molecule has 0 amide bonds. The minimum atomic E-state index is 0.439. The van der Waals surface area contributed by atoms with Crippen molar-refractivity contribution in [2.24, 2.45) is 5.41 Å². The van der Waals surface area contributed by atoms with Gasteiger partial charge < -0.3 is 19.9 Å². The average Bonchev–Trinajstić information content (AvgIpc) is 3.29. The van der Waals surface area contributed by atoms with Gasteiger partial charge in [-0.2, -0.15) is 0 Å². The molecule has 0 aromatic carbocycles. The van der Waals surface area contributed by atoms with E-state index in [4.69, 9.17) is 4.74 Å². The van der Waals surface area contributed by atoms with Crippen molar-refractivity contribution >= 4 is 0 Å². The Kier molecular flexibility index (Phi) is 6.93. The van der Waals surface area contributed by atoms with Crippen molar-refractivity contribution in [2.45, 2.75) is 45.1 Å². The normalized spacial score (nSPS) is 22.1. The number of nitrogens with zero attached hydrogens (tertiary/aromatic N) is 2. The standard InChI is InChI=1S/C17H35N3O/c1-4-20(11-5-10-19(2)3)15-17(8-12-21-13-9-17)14-18-16-6-7-16/h16,18H,4-15H2,1-3H3. The zero-order valence-electron chi connectivity index (χ0n) is 14.4. The van der Waals surface area contributed by atoms with Gasteiger partial charge in [0.2, 0.25) is 0 Å². The zero-order chi connectivity index (χ0) is 15.1. The highest BCUT2D eigenvalue weighted by molar-refractivity contribution is 4.91. The van der Waals surface area contributed by atoms with Crippen molar-refractivity contribution in [1.29, 1.82) is 0 Å². The monoisotopic (exact) mass is 297 g/mol. The van der Waals surface area contributed by atoms with Crippen LogP contribution in [0.2, 0.25) is 0 Å². The Morgan fingerprint density at radius 3 is 2.43 bits per heavy atom. The third-order valence-corrected chi connectivity index (χ3v) is 4.98. The maximum atomic E-state index is 5.62. The molecule has 2 rings (SSSR count). The fourth-order valence-electron chi connectivity index (χ4n) is 3.28. The summed E-state index contributed by atoms with van der Waals surface area (Å²) >= 11 is 0. The Balaban J connectivity index is 1.82. The van der Waals surface area contributed by atoms with E-state index in [1.54, 1.807) is 0 Å². The van der Waals surface area contributed by atoms with Gasteiger partial charge in [-0.25, -0.2) is 0 Å². The first-order valence-corrected chi connectivity index (χ1v) is 8.82. The molecule has 2 fully saturated rings. The Labute approximate surface area is 131 Å². The van der Waals surface area contributed by atoms with E-state index in [-0.39, 0.29) is 0 Å². The fourth-order valence-corrected chi connectivity index (χ4v) is 3.28. The molecule has 0 spiro atoms. The van der Waals surface area contributed by atoms with Crippen molar-refractivity contribution < 1.29 is 4.74 Å². The number of rotatable bonds is 10. The van der Waals surface area contributed by atoms with Gasteiger partial charge in [-0.15, -0.1) is 0 Å². The molecule has 4 nitrogen and oxygen atoms in total. The third-order valence-electron chi connectivity index (χ3n) is 4.98. The van der Waals surface area contributed by atoms with Crippen LogP contribution >= 0.6 is 0 Å². The first-order valence-electron chi connectivity index (χ1n) is 8.82. The van der Waals surface area contributed by atoms with E-state index < -0.39 is 0 Å². The molecule has 1 saturated carbocycles. The van der Waals surface area contributed by atoms with E-state index in [9.17, 15) is 0 Å². The molecule has 1 saturated heterocycles. The van der Waals surface area contributed by atoms with Crippen LogP contribution in [0.5, 0.6) is 0 Å². The van der Waals surface area contributed by atoms with Crippen LogP contribution in [-0.4, -0.2) is 75.9 Å². The lowest BCUT2D eigenvalue weighted by Crippen LogP contribution is -2.48. The fraction of sp³-hybridized carbons (Fsp3) is 1.00. The maximum absolute atomic E-state index is 5.62. The van der Waals surface area contributed by atoms with Crippen LogP contribution in [0.15, 0.2) is 0 Å². The molecule has 21 heavy (non-hydrogen) atoms. The van der Waals surface area contributed by atoms with Crippen LogP contribution in [0.4, 0.5) is 0 Å². The SMILES string of the molecule is CCN(CCCN(C)C)CC1(CNC2CC2)CCOCC1. The van der Waals surface area contributed by atoms with Gasteiger partial charge in [0.05, 0.1) is 0 Å². The number of hydrogen-bond acceptors (Lipinski definition) is 4. The van der Waals surface area contributed by atoms with Crippen molar-refractivity contribution in [3.8, 4) is 0 Å². The highest BCUT2D eigenvalue weighted by Gasteiger charge is 2.35. The van der Waals surface area contributed by atoms with Crippen LogP contribution in [0, 0.1) is 5.41 Å². The predicted octanol–water partition coefficient (Wildman–Crippen LogP) is 1.81. The average molecular weight is 297 g/mol. The van der Waals surface area contributed by atoms with Crippen molar-refractivity contribution in [1.82, 2.24) is 15.1 Å². The van der Waals surface area contributed by atoms with Crippen LogP contribution < -0.4 is 5.32 Å². The largest absolute Gasteiger partial charge is 0.381 e. The molecule has 0 aromatic heterocycles. The summed E-state index contributed by atoms with van der Waals surface area (Å²) in [5, 5.41) is 3.78. The van der Waals surface area contributed by atoms with Gasteiger partial charge in [0.1, 0.15) is 0 Å². The Morgan fingerprint density at radius 2 is 1.86 bits per heavy atom. The lowest BCUT2D eigenvalue weighted by atomic mass is 9.79. The van der Waals surface area contributed by atoms with E-state index in [1.807, 2.05) is 0 Å². The summed E-state index contributed by atoms with van der Waals surface area (Å²) in [7, 11) is 4.33. The predicted molar refractivity (Wildman–Crippen MR) is 88.8 cm³/mol. The molecule has 1 aliphatic carbocycles. The number of ether oxygens (including phenoxy) is 1. The second kappa shape index (κ2) is 8.47. The molecule has 2 aliphatic rings. The molecule has 124 valence electrons. The first kappa shape index (κ1) is 17.2. The molecule has 1 N–H and O–H groups in total. The minimum absolute atomic E-state index is 0.439. The molecule has 1 heterocycles. The van der Waals surface area contributed by atoms with Crippen LogP contribution in [0.3, 0.4) is 0 Å². The molecule has 0 radical (unpaired) electrons. The summed E-state index contributed by atoms with van der Waals surface area (Å²) in [4.78, 5) is 4.94. The summed E-state index contributed by atoms with van der Waals surface area (Å²) in [6.45, 7) is 10.2. The lowest BCUT2D eigenvalue weighted by Gasteiger charge is -2.41. The Bertz CT molecular complexity index is 286. The molecule has 0 bridgehead atoms. The van der Waals surface area contributed by atoms with Gasteiger partial charge >= 0.3 is 0 Å². The van der Waals surface area contributed by atoms with E-state index in [1.165, 1.54) is 64.8 Å². The van der Waals surface area contributed by atoms with Crippen molar-refractivity contribution in [3.63, 3.8) is 0 Å². The van der Waals surface area contributed by atoms with E-state index in [2.05, 4.69) is 36.1 Å². The van der Waals surface area contributed by atoms with Crippen LogP contribution in [0.1, 0.15) is 39.0 Å². The summed E-state index contributed by atoms with van der Waals surface area (Å²) in [5.74, 6) is 0. The van der Waals surface area contributed by atoms with Gasteiger partial charge in [-0.3, -0.25) is 0 Å². The van der Waals surface area contributed by atoms with E-state index in [0.717, 1.165) is 19.3 Å². The smallest absolute Gasteiger partial charge is 0.0472 e. The highest BCUT2D eigenvalue weighted by atomic mass is 16.5. The maximum Gasteiger partial charge on any atom is 0.0472 e. The van der Waals surface area contributed by atoms with E-state index in [0.29, 0.717) is 5.41 Å². The van der Waals surface area contributed by atoms with Gasteiger partial charge in [-0.05, 0) is 71.2 Å². The quantitative estimate of drug-likeness (QED) is 0.665. The molecule has 0 atom stereocenters. The molecular formula is C17H35N3O. The molecule has 4 heteroatoms. The second-order valence-electron chi connectivity index (χ2n) is 7.29. The van der Waals surface area contributed by atoms with Gasteiger partial charge in [0.25, 0.3) is 0 Å². The van der Waals surface area contributed by atoms with E-state index >= 15 is 0 Å². The first-order chi connectivity index (χ1) is 10.1. The van der Waals surface area contributed by atoms with Crippen molar-refractivity contribution in [2.75, 3.05) is 60.0 Å². The molecule has 0 aromatic rings. The van der Waals surface area contributed by atoms with Crippen molar-refractivity contribution in [3.05, 3.63) is 0 Å². The summed E-state index contributed by atoms with van der Waals surface area (Å²) in [6, 6.07) is 0.813. The topological polar surface area (TPSA) is 27.7 Å². The summed E-state index contributed by atoms with van der Waals surface area (Å²) in [5.41, 5.74) is 0.439. The van der Waals surface area contributed by atoms with Crippen LogP contribution in [0.25, 0.3) is 0 Å². The summed E-state index contributed by atoms with van der Waals surface area (Å²) < 4.78 is 5.62. The molecular weight excluding hydrogens is 262 g/mol. The van der Waals surface area contributed by atoms with Crippen LogP contribution in [-0.2, 0) is 4.74 Å².